The molecule has 1 aromatic carbocycles. The molecule has 2 N–H and O–H groups in total. The molecule has 178 valence electrons. The van der Waals surface area contributed by atoms with Crippen LogP contribution < -0.4 is 10.6 Å². The van der Waals surface area contributed by atoms with Gasteiger partial charge >= 0.3 is 0 Å². The Morgan fingerprint density at radius 2 is 1.88 bits per heavy atom. The van der Waals surface area contributed by atoms with E-state index in [0.29, 0.717) is 30.1 Å². The number of anilines is 1. The summed E-state index contributed by atoms with van der Waals surface area (Å²) in [6, 6.07) is 8.31. The summed E-state index contributed by atoms with van der Waals surface area (Å²) >= 11 is 1.12. The zero-order valence-electron chi connectivity index (χ0n) is 19.7. The highest BCUT2D eigenvalue weighted by Crippen LogP contribution is 2.30. The van der Waals surface area contributed by atoms with Gasteiger partial charge in [-0.1, -0.05) is 68.9 Å². The van der Waals surface area contributed by atoms with Crippen LogP contribution >= 0.6 is 11.5 Å². The molecule has 0 saturated carbocycles. The van der Waals surface area contributed by atoms with Crippen molar-refractivity contribution in [2.24, 2.45) is 11.8 Å². The molecule has 3 amide bonds. The fraction of sp³-hybridized carbons (Fsp3) is 0.542. The van der Waals surface area contributed by atoms with Crippen molar-refractivity contribution in [1.82, 2.24) is 19.8 Å². The monoisotopic (exact) mass is 471 g/mol. The van der Waals surface area contributed by atoms with Crippen molar-refractivity contribution in [2.75, 3.05) is 11.9 Å². The van der Waals surface area contributed by atoms with Gasteiger partial charge in [0.1, 0.15) is 22.8 Å². The van der Waals surface area contributed by atoms with Crippen LogP contribution in [-0.2, 0) is 14.4 Å². The molecule has 1 fully saturated rings. The number of nitrogens with zero attached hydrogens (tertiary/aromatic N) is 3. The van der Waals surface area contributed by atoms with E-state index in [0.717, 1.165) is 29.9 Å². The van der Waals surface area contributed by atoms with Crippen LogP contribution in [0.5, 0.6) is 0 Å². The molecular formula is C24H33N5O3S. The highest BCUT2D eigenvalue weighted by molar-refractivity contribution is 7.10. The first-order valence-electron chi connectivity index (χ1n) is 11.7. The molecule has 0 unspecified atom stereocenters. The van der Waals surface area contributed by atoms with Gasteiger partial charge in [-0.2, -0.15) is 0 Å². The molecule has 8 nitrogen and oxygen atoms in total. The number of carbonyl (C=O) groups excluding carboxylic acids is 3. The van der Waals surface area contributed by atoms with Crippen LogP contribution in [0, 0.1) is 11.8 Å². The Kier molecular flexibility index (Phi) is 8.55. The summed E-state index contributed by atoms with van der Waals surface area (Å²) in [5.74, 6) is -0.772. The Labute approximate surface area is 199 Å². The topological polar surface area (TPSA) is 104 Å². The van der Waals surface area contributed by atoms with E-state index >= 15 is 0 Å². The van der Waals surface area contributed by atoms with Crippen LogP contribution in [0.4, 0.5) is 5.00 Å². The third kappa shape index (κ3) is 5.76. The molecule has 0 aliphatic carbocycles. The predicted octanol–water partition coefficient (Wildman–Crippen LogP) is 3.71. The number of hydrogen-bond acceptors (Lipinski definition) is 6. The minimum absolute atomic E-state index is 0.0369. The number of rotatable bonds is 9. The van der Waals surface area contributed by atoms with Gasteiger partial charge in [-0.05, 0) is 25.2 Å². The van der Waals surface area contributed by atoms with E-state index in [2.05, 4.69) is 20.2 Å². The molecule has 0 radical (unpaired) electrons. The molecule has 3 rings (SSSR count). The number of aromatic nitrogens is 2. The van der Waals surface area contributed by atoms with Gasteiger partial charge in [0.2, 0.25) is 17.7 Å². The highest BCUT2D eigenvalue weighted by Gasteiger charge is 2.39. The second-order valence-electron chi connectivity index (χ2n) is 8.68. The number of benzene rings is 1. The maximum atomic E-state index is 13.5. The van der Waals surface area contributed by atoms with E-state index in [1.807, 2.05) is 58.0 Å². The smallest absolute Gasteiger partial charge is 0.247 e. The maximum absolute atomic E-state index is 13.5. The quantitative estimate of drug-likeness (QED) is 0.580. The lowest BCUT2D eigenvalue weighted by atomic mass is 9.96. The van der Waals surface area contributed by atoms with E-state index in [1.165, 1.54) is 0 Å². The lowest BCUT2D eigenvalue weighted by Crippen LogP contribution is -2.55. The van der Waals surface area contributed by atoms with Crippen LogP contribution in [0.15, 0.2) is 30.3 Å². The molecule has 2 heterocycles. The third-order valence-electron chi connectivity index (χ3n) is 6.45. The summed E-state index contributed by atoms with van der Waals surface area (Å²) in [5, 5.41) is 10.6. The van der Waals surface area contributed by atoms with Crippen LogP contribution in [0.2, 0.25) is 0 Å². The minimum atomic E-state index is -0.644. The van der Waals surface area contributed by atoms with E-state index in [9.17, 15) is 14.4 Å². The van der Waals surface area contributed by atoms with Crippen LogP contribution in [0.25, 0.3) is 11.3 Å². The zero-order valence-corrected chi connectivity index (χ0v) is 20.5. The van der Waals surface area contributed by atoms with E-state index in [-0.39, 0.29) is 29.6 Å². The standard InChI is InChI=1S/C24H33N5O3S/c1-5-15(3)19(25-21(30)16(4)6-2)24(32)29-14-10-13-18(29)22(31)26-23-20(27-28-33-23)17-11-8-7-9-12-17/h7-9,11-12,15-16,18-19H,5-6,10,13-14H2,1-4H3,(H,25,30)(H,26,31)/t15-,16-,18+,19+/m1/s1. The van der Waals surface area contributed by atoms with E-state index in [1.54, 1.807) is 4.90 Å². The van der Waals surface area contributed by atoms with Crippen molar-refractivity contribution >= 4 is 34.3 Å². The number of carbonyl (C=O) groups is 3. The van der Waals surface area contributed by atoms with Gasteiger partial charge in [0, 0.05) is 29.6 Å². The SMILES string of the molecule is CC[C@@H](C)C(=O)N[C@H](C(=O)N1CCC[C@H]1C(=O)Nc1snnc1-c1ccccc1)[C@H](C)CC. The Bertz CT molecular complexity index is 964. The Hall–Kier alpha value is -2.81. The van der Waals surface area contributed by atoms with Crippen molar-refractivity contribution in [3.63, 3.8) is 0 Å². The van der Waals surface area contributed by atoms with Crippen molar-refractivity contribution in [1.29, 1.82) is 0 Å². The third-order valence-corrected chi connectivity index (χ3v) is 7.09. The lowest BCUT2D eigenvalue weighted by Gasteiger charge is -2.31. The Balaban J connectivity index is 1.75. The number of amides is 3. The summed E-state index contributed by atoms with van der Waals surface area (Å²) in [6.45, 7) is 8.25. The average Bonchev–Trinajstić information content (AvgIpc) is 3.51. The van der Waals surface area contributed by atoms with Gasteiger partial charge in [-0.15, -0.1) is 5.10 Å². The van der Waals surface area contributed by atoms with Gasteiger partial charge in [-0.3, -0.25) is 14.4 Å². The maximum Gasteiger partial charge on any atom is 0.247 e. The number of likely N-dealkylation sites (tertiary alicyclic amines) is 1. The van der Waals surface area contributed by atoms with Crippen molar-refractivity contribution < 1.29 is 14.4 Å². The zero-order chi connectivity index (χ0) is 24.0. The summed E-state index contributed by atoms with van der Waals surface area (Å²) in [5.41, 5.74) is 1.48. The summed E-state index contributed by atoms with van der Waals surface area (Å²) < 4.78 is 4.00. The van der Waals surface area contributed by atoms with Crippen molar-refractivity contribution in [3.05, 3.63) is 30.3 Å². The first-order chi connectivity index (χ1) is 15.9. The van der Waals surface area contributed by atoms with E-state index in [4.69, 9.17) is 0 Å². The molecule has 1 aliphatic rings. The molecule has 0 spiro atoms. The fourth-order valence-electron chi connectivity index (χ4n) is 3.90. The molecular weight excluding hydrogens is 438 g/mol. The average molecular weight is 472 g/mol. The molecule has 4 atom stereocenters. The Morgan fingerprint density at radius 1 is 1.15 bits per heavy atom. The second-order valence-corrected chi connectivity index (χ2v) is 9.43. The Morgan fingerprint density at radius 3 is 2.55 bits per heavy atom. The normalized spacial score (nSPS) is 18.4. The van der Waals surface area contributed by atoms with Gasteiger partial charge in [0.15, 0.2) is 0 Å². The molecule has 9 heteroatoms. The lowest BCUT2D eigenvalue weighted by molar-refractivity contribution is -0.142. The number of nitrogens with one attached hydrogen (secondary N) is 2. The van der Waals surface area contributed by atoms with Gasteiger partial charge in [-0.25, -0.2) is 0 Å². The predicted molar refractivity (Wildman–Crippen MR) is 130 cm³/mol. The van der Waals surface area contributed by atoms with Crippen molar-refractivity contribution in [3.8, 4) is 11.3 Å². The summed E-state index contributed by atoms with van der Waals surface area (Å²) in [7, 11) is 0. The highest BCUT2D eigenvalue weighted by atomic mass is 32.1. The van der Waals surface area contributed by atoms with Gasteiger partial charge in [0.25, 0.3) is 0 Å². The summed E-state index contributed by atoms with van der Waals surface area (Å²) in [4.78, 5) is 40.9. The minimum Gasteiger partial charge on any atom is -0.344 e. The van der Waals surface area contributed by atoms with Gasteiger partial charge in [0.05, 0.1) is 0 Å². The fourth-order valence-corrected chi connectivity index (χ4v) is 4.49. The molecule has 0 bridgehead atoms. The molecule has 1 aliphatic heterocycles. The number of hydrogen-bond donors (Lipinski definition) is 2. The molecule has 1 saturated heterocycles. The summed E-state index contributed by atoms with van der Waals surface area (Å²) in [6.07, 6.45) is 2.77. The molecule has 1 aromatic heterocycles. The van der Waals surface area contributed by atoms with Crippen LogP contribution in [0.3, 0.4) is 0 Å². The first kappa shape index (κ1) is 24.8. The first-order valence-corrected chi connectivity index (χ1v) is 12.4. The largest absolute Gasteiger partial charge is 0.344 e. The van der Waals surface area contributed by atoms with Gasteiger partial charge < -0.3 is 15.5 Å². The van der Waals surface area contributed by atoms with E-state index < -0.39 is 12.1 Å². The second kappa shape index (κ2) is 11.4. The van der Waals surface area contributed by atoms with Crippen LogP contribution in [0.1, 0.15) is 53.4 Å². The molecule has 2 aromatic rings. The van der Waals surface area contributed by atoms with Crippen LogP contribution in [-0.4, -0.2) is 50.8 Å². The van der Waals surface area contributed by atoms with Crippen molar-refractivity contribution in [2.45, 2.75) is 65.5 Å². The molecule has 33 heavy (non-hydrogen) atoms.